The molecule has 0 bridgehead atoms. The van der Waals surface area contributed by atoms with Gasteiger partial charge < -0.3 is 19.7 Å². The van der Waals surface area contributed by atoms with Crippen LogP contribution in [0.1, 0.15) is 30.6 Å². The van der Waals surface area contributed by atoms with Crippen molar-refractivity contribution in [1.82, 2.24) is 10.1 Å². The summed E-state index contributed by atoms with van der Waals surface area (Å²) in [6.45, 7) is 1.03. The van der Waals surface area contributed by atoms with Crippen molar-refractivity contribution in [2.24, 2.45) is 5.73 Å². The smallest absolute Gasteiger partial charge is 0.243 e. The largest absolute Gasteiger partial charge is 0.385 e. The molecule has 1 heterocycles. The number of nitrogens with zero attached hydrogens (tertiary/aromatic N) is 2. The van der Waals surface area contributed by atoms with Crippen molar-refractivity contribution >= 4 is 0 Å². The van der Waals surface area contributed by atoms with Gasteiger partial charge in [0, 0.05) is 20.8 Å². The molecule has 1 aromatic rings. The average Bonchev–Trinajstić information content (AvgIpc) is 2.67. The predicted molar refractivity (Wildman–Crippen MR) is 53.0 cm³/mol. The topological polar surface area (TPSA) is 83.4 Å². The highest BCUT2D eigenvalue weighted by Gasteiger charge is 2.14. The molecule has 0 aliphatic rings. The fourth-order valence-electron chi connectivity index (χ4n) is 1.18. The van der Waals surface area contributed by atoms with Crippen molar-refractivity contribution in [3.63, 3.8) is 0 Å². The first-order chi connectivity index (χ1) is 7.27. The van der Waals surface area contributed by atoms with E-state index < -0.39 is 0 Å². The van der Waals surface area contributed by atoms with Crippen LogP contribution in [-0.2, 0) is 16.1 Å². The van der Waals surface area contributed by atoms with Crippen molar-refractivity contribution in [3.05, 3.63) is 11.7 Å². The number of hydrogen-bond acceptors (Lipinski definition) is 6. The third-order valence-corrected chi connectivity index (χ3v) is 1.94. The Bertz CT molecular complexity index is 277. The SMILES string of the molecule is COCCCC(N)c1nc(COC)no1. The van der Waals surface area contributed by atoms with E-state index in [1.807, 2.05) is 0 Å². The van der Waals surface area contributed by atoms with Crippen LogP contribution in [0.5, 0.6) is 0 Å². The van der Waals surface area contributed by atoms with E-state index in [1.165, 1.54) is 0 Å². The van der Waals surface area contributed by atoms with Crippen LogP contribution in [-0.4, -0.2) is 31.0 Å². The normalized spacial score (nSPS) is 13.0. The van der Waals surface area contributed by atoms with Crippen molar-refractivity contribution < 1.29 is 14.0 Å². The predicted octanol–water partition coefficient (Wildman–Crippen LogP) is 0.642. The second kappa shape index (κ2) is 6.49. The maximum absolute atomic E-state index is 5.85. The van der Waals surface area contributed by atoms with Crippen LogP contribution in [0, 0.1) is 0 Å². The van der Waals surface area contributed by atoms with Gasteiger partial charge in [-0.3, -0.25) is 0 Å². The summed E-state index contributed by atoms with van der Waals surface area (Å²) in [5, 5.41) is 3.73. The molecule has 0 aliphatic carbocycles. The van der Waals surface area contributed by atoms with E-state index in [2.05, 4.69) is 10.1 Å². The fraction of sp³-hybridized carbons (Fsp3) is 0.778. The highest BCUT2D eigenvalue weighted by molar-refractivity contribution is 4.90. The first-order valence-electron chi connectivity index (χ1n) is 4.84. The lowest BCUT2D eigenvalue weighted by Crippen LogP contribution is -2.11. The quantitative estimate of drug-likeness (QED) is 0.672. The van der Waals surface area contributed by atoms with Gasteiger partial charge in [0.25, 0.3) is 0 Å². The molecule has 15 heavy (non-hydrogen) atoms. The molecule has 6 heteroatoms. The Morgan fingerprint density at radius 3 is 2.87 bits per heavy atom. The molecule has 6 nitrogen and oxygen atoms in total. The average molecular weight is 215 g/mol. The Labute approximate surface area is 88.7 Å². The van der Waals surface area contributed by atoms with E-state index in [0.29, 0.717) is 24.9 Å². The van der Waals surface area contributed by atoms with Crippen LogP contribution in [0.2, 0.25) is 0 Å². The van der Waals surface area contributed by atoms with Gasteiger partial charge in [-0.2, -0.15) is 4.98 Å². The van der Waals surface area contributed by atoms with Crippen molar-refractivity contribution in [2.45, 2.75) is 25.5 Å². The van der Waals surface area contributed by atoms with Gasteiger partial charge in [-0.25, -0.2) is 0 Å². The summed E-state index contributed by atoms with van der Waals surface area (Å²) in [7, 11) is 3.24. The van der Waals surface area contributed by atoms with E-state index in [9.17, 15) is 0 Å². The van der Waals surface area contributed by atoms with Gasteiger partial charge in [-0.1, -0.05) is 5.16 Å². The second-order valence-electron chi connectivity index (χ2n) is 3.22. The van der Waals surface area contributed by atoms with Crippen molar-refractivity contribution in [2.75, 3.05) is 20.8 Å². The maximum atomic E-state index is 5.85. The van der Waals surface area contributed by atoms with Gasteiger partial charge in [0.1, 0.15) is 6.61 Å². The molecule has 1 rings (SSSR count). The van der Waals surface area contributed by atoms with Crippen LogP contribution >= 0.6 is 0 Å². The summed E-state index contributed by atoms with van der Waals surface area (Å²) in [4.78, 5) is 4.11. The van der Waals surface area contributed by atoms with E-state index in [1.54, 1.807) is 14.2 Å². The number of aromatic nitrogens is 2. The lowest BCUT2D eigenvalue weighted by atomic mass is 10.2. The Morgan fingerprint density at radius 1 is 1.40 bits per heavy atom. The molecule has 0 aliphatic heterocycles. The number of ether oxygens (including phenoxy) is 2. The molecule has 0 amide bonds. The van der Waals surface area contributed by atoms with E-state index >= 15 is 0 Å². The third-order valence-electron chi connectivity index (χ3n) is 1.94. The zero-order valence-electron chi connectivity index (χ0n) is 9.10. The molecule has 0 saturated carbocycles. The van der Waals surface area contributed by atoms with Crippen LogP contribution in [0.15, 0.2) is 4.52 Å². The minimum Gasteiger partial charge on any atom is -0.385 e. The van der Waals surface area contributed by atoms with E-state index in [0.717, 1.165) is 12.8 Å². The van der Waals surface area contributed by atoms with Crippen LogP contribution in [0.4, 0.5) is 0 Å². The number of rotatable bonds is 7. The minimum atomic E-state index is -0.224. The Hall–Kier alpha value is -0.980. The fourth-order valence-corrected chi connectivity index (χ4v) is 1.18. The van der Waals surface area contributed by atoms with Gasteiger partial charge >= 0.3 is 0 Å². The zero-order chi connectivity index (χ0) is 11.1. The Balaban J connectivity index is 2.39. The lowest BCUT2D eigenvalue weighted by Gasteiger charge is -2.04. The lowest BCUT2D eigenvalue weighted by molar-refractivity contribution is 0.174. The van der Waals surface area contributed by atoms with Crippen molar-refractivity contribution in [3.8, 4) is 0 Å². The van der Waals surface area contributed by atoms with Gasteiger partial charge in [0.2, 0.25) is 5.89 Å². The van der Waals surface area contributed by atoms with Crippen LogP contribution < -0.4 is 5.73 Å². The summed E-state index contributed by atoms with van der Waals surface area (Å²) in [6.07, 6.45) is 1.64. The summed E-state index contributed by atoms with van der Waals surface area (Å²) in [5.74, 6) is 0.979. The maximum Gasteiger partial charge on any atom is 0.243 e. The molecule has 1 atom stereocenters. The summed E-state index contributed by atoms with van der Waals surface area (Å²) in [5.41, 5.74) is 5.85. The van der Waals surface area contributed by atoms with Gasteiger partial charge in [0.15, 0.2) is 5.82 Å². The molecular weight excluding hydrogens is 198 g/mol. The Kier molecular flexibility index (Phi) is 5.23. The van der Waals surface area contributed by atoms with Crippen molar-refractivity contribution in [1.29, 1.82) is 0 Å². The minimum absolute atomic E-state index is 0.224. The Morgan fingerprint density at radius 2 is 2.20 bits per heavy atom. The second-order valence-corrected chi connectivity index (χ2v) is 3.22. The van der Waals surface area contributed by atoms with Crippen LogP contribution in [0.25, 0.3) is 0 Å². The molecule has 0 fully saturated rings. The zero-order valence-corrected chi connectivity index (χ0v) is 9.10. The first kappa shape index (κ1) is 12.1. The molecule has 1 aromatic heterocycles. The molecule has 1 unspecified atom stereocenters. The molecular formula is C9H17N3O3. The van der Waals surface area contributed by atoms with Gasteiger partial charge in [-0.05, 0) is 12.8 Å². The third kappa shape index (κ3) is 3.94. The molecule has 0 radical (unpaired) electrons. The number of nitrogens with two attached hydrogens (primary N) is 1. The summed E-state index contributed by atoms with van der Waals surface area (Å²) < 4.78 is 14.8. The molecule has 0 aromatic carbocycles. The molecule has 86 valence electrons. The van der Waals surface area contributed by atoms with E-state index in [-0.39, 0.29) is 6.04 Å². The van der Waals surface area contributed by atoms with Gasteiger partial charge in [0.05, 0.1) is 6.04 Å². The molecule has 0 saturated heterocycles. The van der Waals surface area contributed by atoms with E-state index in [4.69, 9.17) is 19.7 Å². The number of methoxy groups -OCH3 is 2. The standard InChI is InChI=1S/C9H17N3O3/c1-13-5-3-4-7(10)9-11-8(6-14-2)12-15-9/h7H,3-6,10H2,1-2H3. The summed E-state index contributed by atoms with van der Waals surface area (Å²) >= 11 is 0. The van der Waals surface area contributed by atoms with Crippen LogP contribution in [0.3, 0.4) is 0 Å². The summed E-state index contributed by atoms with van der Waals surface area (Å²) in [6, 6.07) is -0.224. The first-order valence-corrected chi connectivity index (χ1v) is 4.84. The highest BCUT2D eigenvalue weighted by Crippen LogP contribution is 2.13. The highest BCUT2D eigenvalue weighted by atomic mass is 16.5. The number of hydrogen-bond donors (Lipinski definition) is 1. The molecule has 2 N–H and O–H groups in total. The van der Waals surface area contributed by atoms with Gasteiger partial charge in [-0.15, -0.1) is 0 Å². The monoisotopic (exact) mass is 215 g/mol. The molecule has 0 spiro atoms.